The standard InChI is InChI=1S/C13H24N2S/c1-4-6-11(7-5-2)13(14-3)8-12-9-15-10-16-12/h9-11,13-14H,4-8H2,1-3H3. The molecule has 0 saturated carbocycles. The van der Waals surface area contributed by atoms with Gasteiger partial charge in [0.15, 0.2) is 0 Å². The van der Waals surface area contributed by atoms with Crippen molar-refractivity contribution in [3.8, 4) is 0 Å². The van der Waals surface area contributed by atoms with Crippen molar-refractivity contribution >= 4 is 11.3 Å². The molecule has 2 nitrogen and oxygen atoms in total. The predicted molar refractivity (Wildman–Crippen MR) is 72.0 cm³/mol. The molecule has 0 saturated heterocycles. The predicted octanol–water partition coefficient (Wildman–Crippen LogP) is 3.49. The SMILES string of the molecule is CCCC(CCC)C(Cc1cncs1)NC. The largest absolute Gasteiger partial charge is 0.316 e. The van der Waals surface area contributed by atoms with Crippen LogP contribution in [0.1, 0.15) is 44.4 Å². The third-order valence-electron chi connectivity index (χ3n) is 3.16. The maximum Gasteiger partial charge on any atom is 0.0794 e. The molecule has 0 fully saturated rings. The molecule has 92 valence electrons. The molecule has 0 bridgehead atoms. The summed E-state index contributed by atoms with van der Waals surface area (Å²) in [5.41, 5.74) is 1.93. The van der Waals surface area contributed by atoms with Crippen LogP contribution < -0.4 is 5.32 Å². The molecule has 0 aliphatic heterocycles. The summed E-state index contributed by atoms with van der Waals surface area (Å²) in [4.78, 5) is 5.55. The summed E-state index contributed by atoms with van der Waals surface area (Å²) >= 11 is 1.77. The molecule has 0 aliphatic rings. The zero-order chi connectivity index (χ0) is 11.8. The number of likely N-dealkylation sites (N-methyl/N-ethyl adjacent to an activating group) is 1. The maximum atomic E-state index is 4.15. The van der Waals surface area contributed by atoms with Gasteiger partial charge in [-0.2, -0.15) is 0 Å². The van der Waals surface area contributed by atoms with E-state index in [1.165, 1.54) is 30.6 Å². The lowest BCUT2D eigenvalue weighted by molar-refractivity contribution is 0.324. The van der Waals surface area contributed by atoms with Crippen LogP contribution in [0, 0.1) is 5.92 Å². The van der Waals surface area contributed by atoms with Crippen molar-refractivity contribution in [3.63, 3.8) is 0 Å². The van der Waals surface area contributed by atoms with Crippen LogP contribution in [-0.4, -0.2) is 18.1 Å². The molecular weight excluding hydrogens is 216 g/mol. The fraction of sp³-hybridized carbons (Fsp3) is 0.769. The summed E-state index contributed by atoms with van der Waals surface area (Å²) in [5.74, 6) is 0.807. The molecule has 0 amide bonds. The number of thiazole rings is 1. The lowest BCUT2D eigenvalue weighted by Gasteiger charge is -2.26. The van der Waals surface area contributed by atoms with E-state index in [0.29, 0.717) is 6.04 Å². The Kier molecular flexibility index (Phi) is 6.65. The van der Waals surface area contributed by atoms with Gasteiger partial charge >= 0.3 is 0 Å². The Morgan fingerprint density at radius 1 is 1.31 bits per heavy atom. The zero-order valence-electron chi connectivity index (χ0n) is 10.7. The minimum absolute atomic E-state index is 0.611. The molecule has 0 aliphatic carbocycles. The van der Waals surface area contributed by atoms with Crippen molar-refractivity contribution in [1.82, 2.24) is 10.3 Å². The van der Waals surface area contributed by atoms with Crippen molar-refractivity contribution in [1.29, 1.82) is 0 Å². The van der Waals surface area contributed by atoms with Crippen molar-refractivity contribution in [3.05, 3.63) is 16.6 Å². The van der Waals surface area contributed by atoms with Crippen LogP contribution in [0.15, 0.2) is 11.7 Å². The number of hydrogen-bond acceptors (Lipinski definition) is 3. The van der Waals surface area contributed by atoms with Gasteiger partial charge in [0.1, 0.15) is 0 Å². The Labute approximate surface area is 103 Å². The molecule has 3 heteroatoms. The highest BCUT2D eigenvalue weighted by molar-refractivity contribution is 7.09. The Morgan fingerprint density at radius 3 is 2.44 bits per heavy atom. The summed E-state index contributed by atoms with van der Waals surface area (Å²) in [5, 5.41) is 3.49. The minimum Gasteiger partial charge on any atom is -0.316 e. The van der Waals surface area contributed by atoms with E-state index in [4.69, 9.17) is 0 Å². The topological polar surface area (TPSA) is 24.9 Å². The van der Waals surface area contributed by atoms with E-state index in [-0.39, 0.29) is 0 Å². The van der Waals surface area contributed by atoms with Crippen LogP contribution in [-0.2, 0) is 6.42 Å². The second-order valence-electron chi connectivity index (χ2n) is 4.40. The first-order valence-electron chi connectivity index (χ1n) is 6.36. The minimum atomic E-state index is 0.611. The summed E-state index contributed by atoms with van der Waals surface area (Å²) in [6, 6.07) is 0.611. The average Bonchev–Trinajstić information content (AvgIpc) is 2.78. The van der Waals surface area contributed by atoms with Gasteiger partial charge in [0.25, 0.3) is 0 Å². The van der Waals surface area contributed by atoms with Crippen molar-refractivity contribution in [2.75, 3.05) is 7.05 Å². The van der Waals surface area contributed by atoms with Crippen LogP contribution in [0.25, 0.3) is 0 Å². The molecule has 0 spiro atoms. The number of aromatic nitrogens is 1. The van der Waals surface area contributed by atoms with Gasteiger partial charge in [0.05, 0.1) is 5.51 Å². The molecule has 1 aromatic heterocycles. The summed E-state index contributed by atoms with van der Waals surface area (Å²) in [6.45, 7) is 4.56. The van der Waals surface area contributed by atoms with Crippen LogP contribution >= 0.6 is 11.3 Å². The summed E-state index contributed by atoms with van der Waals surface area (Å²) in [7, 11) is 2.09. The van der Waals surface area contributed by atoms with Crippen LogP contribution in [0.2, 0.25) is 0 Å². The van der Waals surface area contributed by atoms with Crippen molar-refractivity contribution in [2.24, 2.45) is 5.92 Å². The van der Waals surface area contributed by atoms with Crippen molar-refractivity contribution in [2.45, 2.75) is 52.0 Å². The third-order valence-corrected chi connectivity index (χ3v) is 3.97. The number of nitrogens with zero attached hydrogens (tertiary/aromatic N) is 1. The monoisotopic (exact) mass is 240 g/mol. The molecule has 1 rings (SSSR count). The molecular formula is C13H24N2S. The maximum absolute atomic E-state index is 4.15. The first-order valence-corrected chi connectivity index (χ1v) is 7.24. The third kappa shape index (κ3) is 4.22. The molecule has 0 radical (unpaired) electrons. The molecule has 1 atom stereocenters. The fourth-order valence-corrected chi connectivity index (χ4v) is 3.01. The Hall–Kier alpha value is -0.410. The highest BCUT2D eigenvalue weighted by Gasteiger charge is 2.19. The first kappa shape index (κ1) is 13.7. The van der Waals surface area contributed by atoms with Gasteiger partial charge in [-0.25, -0.2) is 0 Å². The second kappa shape index (κ2) is 7.80. The fourth-order valence-electron chi connectivity index (χ4n) is 2.35. The van der Waals surface area contributed by atoms with Crippen LogP contribution in [0.5, 0.6) is 0 Å². The van der Waals surface area contributed by atoms with E-state index in [9.17, 15) is 0 Å². The second-order valence-corrected chi connectivity index (χ2v) is 5.38. The lowest BCUT2D eigenvalue weighted by atomic mass is 9.88. The highest BCUT2D eigenvalue weighted by atomic mass is 32.1. The summed E-state index contributed by atoms with van der Waals surface area (Å²) in [6.07, 6.45) is 8.36. The quantitative estimate of drug-likeness (QED) is 0.752. The van der Waals surface area contributed by atoms with E-state index < -0.39 is 0 Å². The molecule has 16 heavy (non-hydrogen) atoms. The van der Waals surface area contributed by atoms with E-state index in [1.54, 1.807) is 11.3 Å². The molecule has 1 heterocycles. The molecule has 1 N–H and O–H groups in total. The first-order chi connectivity index (χ1) is 7.81. The number of rotatable bonds is 8. The number of nitrogens with one attached hydrogen (secondary N) is 1. The molecule has 1 aromatic rings. The number of hydrogen-bond donors (Lipinski definition) is 1. The lowest BCUT2D eigenvalue weighted by Crippen LogP contribution is -2.35. The van der Waals surface area contributed by atoms with Crippen molar-refractivity contribution < 1.29 is 0 Å². The Bertz CT molecular complexity index is 253. The summed E-state index contributed by atoms with van der Waals surface area (Å²) < 4.78 is 0. The van der Waals surface area contributed by atoms with Gasteiger partial charge < -0.3 is 5.32 Å². The van der Waals surface area contributed by atoms with Gasteiger partial charge in [0, 0.05) is 17.1 Å². The average molecular weight is 240 g/mol. The van der Waals surface area contributed by atoms with Gasteiger partial charge in [-0.05, 0) is 32.2 Å². The van der Waals surface area contributed by atoms with E-state index in [1.807, 2.05) is 11.7 Å². The highest BCUT2D eigenvalue weighted by Crippen LogP contribution is 2.21. The van der Waals surface area contributed by atoms with Crippen LogP contribution in [0.4, 0.5) is 0 Å². The Balaban J connectivity index is 2.55. The zero-order valence-corrected chi connectivity index (χ0v) is 11.5. The normalized spacial score (nSPS) is 13.2. The van der Waals surface area contributed by atoms with E-state index in [0.717, 1.165) is 12.3 Å². The van der Waals surface area contributed by atoms with Gasteiger partial charge in [-0.1, -0.05) is 26.7 Å². The van der Waals surface area contributed by atoms with E-state index in [2.05, 4.69) is 31.2 Å². The van der Waals surface area contributed by atoms with Gasteiger partial charge in [-0.15, -0.1) is 11.3 Å². The van der Waals surface area contributed by atoms with E-state index >= 15 is 0 Å². The molecule has 1 unspecified atom stereocenters. The van der Waals surface area contributed by atoms with Gasteiger partial charge in [-0.3, -0.25) is 4.98 Å². The van der Waals surface area contributed by atoms with Gasteiger partial charge in [0.2, 0.25) is 0 Å². The molecule has 0 aromatic carbocycles. The smallest absolute Gasteiger partial charge is 0.0794 e. The van der Waals surface area contributed by atoms with Crippen LogP contribution in [0.3, 0.4) is 0 Å². The Morgan fingerprint density at radius 2 is 2.00 bits per heavy atom.